The van der Waals surface area contributed by atoms with Crippen molar-refractivity contribution >= 4 is 32.8 Å². The summed E-state index contributed by atoms with van der Waals surface area (Å²) in [6.07, 6.45) is 4.00. The smallest absolute Gasteiger partial charge is 0.270 e. The Balaban J connectivity index is 1.40. The van der Waals surface area contributed by atoms with Crippen molar-refractivity contribution < 1.29 is 30.8 Å². The molecule has 13 heteroatoms. The van der Waals surface area contributed by atoms with Gasteiger partial charge in [0, 0.05) is 31.8 Å². The van der Waals surface area contributed by atoms with Gasteiger partial charge in [0.15, 0.2) is 28.2 Å². The topological polar surface area (TPSA) is 108 Å². The number of anilines is 1. The summed E-state index contributed by atoms with van der Waals surface area (Å²) in [4.78, 5) is 23.8. The standard InChI is InChI=1S/C19H17F4N5O3S/c20-12-8-13(21)16(23)17(15(12)22)32(30,31)27-14(29)7-10-2-5-28(6-3-10)19-11-1-4-24-18(11)25-9-26-19/h1,4,8-10H,2-3,5-7H2,(H,27,29)(H,24,25,26). The maximum Gasteiger partial charge on any atom is 0.270 e. The second-order valence-corrected chi connectivity index (χ2v) is 9.02. The molecule has 0 spiro atoms. The maximum absolute atomic E-state index is 13.8. The normalized spacial score (nSPS) is 15.3. The van der Waals surface area contributed by atoms with Crippen molar-refractivity contribution in [3.05, 3.63) is 47.9 Å². The van der Waals surface area contributed by atoms with Crippen LogP contribution in [0.4, 0.5) is 23.4 Å². The maximum atomic E-state index is 13.8. The molecule has 2 N–H and O–H groups in total. The van der Waals surface area contributed by atoms with Crippen LogP contribution in [0.1, 0.15) is 19.3 Å². The predicted molar refractivity (Wildman–Crippen MR) is 105 cm³/mol. The van der Waals surface area contributed by atoms with Crippen molar-refractivity contribution in [2.24, 2.45) is 5.92 Å². The fourth-order valence-electron chi connectivity index (χ4n) is 3.75. The summed E-state index contributed by atoms with van der Waals surface area (Å²) in [5, 5.41) is 0.848. The number of nitrogens with one attached hydrogen (secondary N) is 2. The minimum atomic E-state index is -5.15. The number of nitrogens with zero attached hydrogens (tertiary/aromatic N) is 3. The van der Waals surface area contributed by atoms with E-state index in [4.69, 9.17) is 0 Å². The van der Waals surface area contributed by atoms with Crippen LogP contribution in [0, 0.1) is 29.2 Å². The number of amides is 1. The average molecular weight is 471 g/mol. The second-order valence-electron chi connectivity index (χ2n) is 7.40. The molecule has 2 aromatic heterocycles. The summed E-state index contributed by atoms with van der Waals surface area (Å²) in [6.45, 7) is 1.08. The quantitative estimate of drug-likeness (QED) is 0.438. The average Bonchev–Trinajstić information content (AvgIpc) is 3.21. The number of hydrogen-bond acceptors (Lipinski definition) is 6. The van der Waals surface area contributed by atoms with Gasteiger partial charge in [0.25, 0.3) is 10.0 Å². The number of sulfonamides is 1. The van der Waals surface area contributed by atoms with Crippen LogP contribution in [0.2, 0.25) is 0 Å². The Hall–Kier alpha value is -3.22. The molecule has 1 aliphatic heterocycles. The first-order valence-electron chi connectivity index (χ1n) is 9.59. The van der Waals surface area contributed by atoms with Gasteiger partial charge in [-0.05, 0) is 24.8 Å². The van der Waals surface area contributed by atoms with Gasteiger partial charge in [-0.2, -0.15) is 0 Å². The molecule has 3 heterocycles. The summed E-state index contributed by atoms with van der Waals surface area (Å²) in [5.41, 5.74) is 0.690. The molecule has 0 unspecified atom stereocenters. The van der Waals surface area contributed by atoms with Gasteiger partial charge in [-0.1, -0.05) is 0 Å². The number of piperidine rings is 1. The van der Waals surface area contributed by atoms with Gasteiger partial charge in [0.05, 0.1) is 5.39 Å². The summed E-state index contributed by atoms with van der Waals surface area (Å²) in [6, 6.07) is 1.74. The molecule has 1 aliphatic rings. The number of carbonyl (C=O) groups is 1. The molecule has 32 heavy (non-hydrogen) atoms. The van der Waals surface area contributed by atoms with E-state index in [1.54, 1.807) is 6.20 Å². The Morgan fingerprint density at radius 3 is 2.44 bits per heavy atom. The summed E-state index contributed by atoms with van der Waals surface area (Å²) < 4.78 is 80.2. The molecule has 1 aromatic carbocycles. The van der Waals surface area contributed by atoms with Crippen molar-refractivity contribution in [3.8, 4) is 0 Å². The molecular weight excluding hydrogens is 454 g/mol. The van der Waals surface area contributed by atoms with E-state index in [-0.39, 0.29) is 18.4 Å². The van der Waals surface area contributed by atoms with E-state index >= 15 is 0 Å². The van der Waals surface area contributed by atoms with Crippen LogP contribution in [-0.2, 0) is 14.8 Å². The highest BCUT2D eigenvalue weighted by molar-refractivity contribution is 7.90. The van der Waals surface area contributed by atoms with Crippen LogP contribution in [0.25, 0.3) is 11.0 Å². The van der Waals surface area contributed by atoms with E-state index in [0.717, 1.165) is 11.2 Å². The number of aromatic nitrogens is 3. The van der Waals surface area contributed by atoms with Crippen LogP contribution in [0.15, 0.2) is 29.6 Å². The van der Waals surface area contributed by atoms with E-state index in [1.165, 1.54) is 11.0 Å². The van der Waals surface area contributed by atoms with Gasteiger partial charge in [-0.3, -0.25) is 4.79 Å². The Morgan fingerprint density at radius 2 is 1.78 bits per heavy atom. The minimum Gasteiger partial charge on any atom is -0.356 e. The number of benzene rings is 1. The predicted octanol–water partition coefficient (Wildman–Crippen LogP) is 2.63. The molecule has 0 atom stereocenters. The highest BCUT2D eigenvalue weighted by atomic mass is 32.2. The van der Waals surface area contributed by atoms with E-state index < -0.39 is 44.1 Å². The lowest BCUT2D eigenvalue weighted by molar-refractivity contribution is -0.120. The lowest BCUT2D eigenvalue weighted by Crippen LogP contribution is -2.38. The fourth-order valence-corrected chi connectivity index (χ4v) is 4.90. The van der Waals surface area contributed by atoms with Crippen molar-refractivity contribution in [2.45, 2.75) is 24.2 Å². The van der Waals surface area contributed by atoms with Crippen LogP contribution < -0.4 is 9.62 Å². The third kappa shape index (κ3) is 4.11. The zero-order valence-electron chi connectivity index (χ0n) is 16.4. The molecule has 0 radical (unpaired) electrons. The molecule has 3 aromatic rings. The molecule has 1 amide bonds. The minimum absolute atomic E-state index is 0.113. The Labute approximate surface area is 179 Å². The third-order valence-electron chi connectivity index (χ3n) is 5.31. The van der Waals surface area contributed by atoms with Crippen LogP contribution in [-0.4, -0.2) is 42.4 Å². The highest BCUT2D eigenvalue weighted by Crippen LogP contribution is 2.29. The van der Waals surface area contributed by atoms with Crippen molar-refractivity contribution in [1.82, 2.24) is 19.7 Å². The largest absolute Gasteiger partial charge is 0.356 e. The first kappa shape index (κ1) is 22.0. The number of hydrogen-bond donors (Lipinski definition) is 2. The van der Waals surface area contributed by atoms with Gasteiger partial charge >= 0.3 is 0 Å². The first-order valence-corrected chi connectivity index (χ1v) is 11.1. The number of carbonyl (C=O) groups excluding carboxylic acids is 1. The van der Waals surface area contributed by atoms with Crippen LogP contribution in [0.3, 0.4) is 0 Å². The van der Waals surface area contributed by atoms with Gasteiger partial charge in [0.1, 0.15) is 17.8 Å². The molecule has 4 rings (SSSR count). The number of fused-ring (bicyclic) bond motifs is 1. The summed E-state index contributed by atoms with van der Waals surface area (Å²) in [7, 11) is -5.15. The van der Waals surface area contributed by atoms with E-state index in [0.29, 0.717) is 31.6 Å². The lowest BCUT2D eigenvalue weighted by Gasteiger charge is -2.32. The molecule has 8 nitrogen and oxygen atoms in total. The second kappa shape index (κ2) is 8.37. The van der Waals surface area contributed by atoms with Gasteiger partial charge in [-0.15, -0.1) is 0 Å². The van der Waals surface area contributed by atoms with Gasteiger partial charge in [-0.25, -0.2) is 40.7 Å². The molecular formula is C19H17F4N5O3S. The number of H-pyrrole nitrogens is 1. The number of halogens is 4. The van der Waals surface area contributed by atoms with Gasteiger partial charge < -0.3 is 9.88 Å². The van der Waals surface area contributed by atoms with E-state index in [2.05, 4.69) is 15.0 Å². The highest BCUT2D eigenvalue weighted by Gasteiger charge is 2.32. The molecule has 0 saturated carbocycles. The van der Waals surface area contributed by atoms with Crippen molar-refractivity contribution in [2.75, 3.05) is 18.0 Å². The number of aromatic amines is 1. The molecule has 0 aliphatic carbocycles. The Bertz CT molecular complexity index is 1260. The molecule has 170 valence electrons. The molecule has 1 saturated heterocycles. The number of rotatable bonds is 5. The van der Waals surface area contributed by atoms with Crippen LogP contribution >= 0.6 is 0 Å². The molecule has 0 bridgehead atoms. The molecule has 1 fully saturated rings. The van der Waals surface area contributed by atoms with Gasteiger partial charge in [0.2, 0.25) is 5.91 Å². The third-order valence-corrected chi connectivity index (χ3v) is 6.70. The zero-order chi connectivity index (χ0) is 23.0. The SMILES string of the molecule is O=C(CC1CCN(c2ncnc3[nH]ccc23)CC1)NS(=O)(=O)c1c(F)c(F)cc(F)c1F. The van der Waals surface area contributed by atoms with Crippen LogP contribution in [0.5, 0.6) is 0 Å². The zero-order valence-corrected chi connectivity index (χ0v) is 17.2. The first-order chi connectivity index (χ1) is 15.2. The van der Waals surface area contributed by atoms with E-state index in [1.807, 2.05) is 11.0 Å². The Morgan fingerprint density at radius 1 is 1.12 bits per heavy atom. The van der Waals surface area contributed by atoms with E-state index in [9.17, 15) is 30.8 Å². The van der Waals surface area contributed by atoms with Crippen molar-refractivity contribution in [1.29, 1.82) is 0 Å². The Kier molecular flexibility index (Phi) is 5.75. The monoisotopic (exact) mass is 471 g/mol. The van der Waals surface area contributed by atoms with Crippen molar-refractivity contribution in [3.63, 3.8) is 0 Å². The lowest BCUT2D eigenvalue weighted by atomic mass is 9.93. The summed E-state index contributed by atoms with van der Waals surface area (Å²) >= 11 is 0. The fraction of sp³-hybridized carbons (Fsp3) is 0.316. The summed E-state index contributed by atoms with van der Waals surface area (Å²) in [5.74, 6) is -8.46.